The third-order valence-corrected chi connectivity index (χ3v) is 4.66. The van der Waals surface area contributed by atoms with Crippen LogP contribution in [-0.4, -0.2) is 49.8 Å². The van der Waals surface area contributed by atoms with Crippen LogP contribution in [0.15, 0.2) is 54.1 Å². The topological polar surface area (TPSA) is 164 Å². The second-order valence-corrected chi connectivity index (χ2v) is 6.34. The minimum absolute atomic E-state index is 0.0152. The Morgan fingerprint density at radius 2 is 1.63 bits per heavy atom. The van der Waals surface area contributed by atoms with Crippen molar-refractivity contribution in [1.29, 1.82) is 0 Å². The van der Waals surface area contributed by atoms with Crippen molar-refractivity contribution in [2.24, 2.45) is 0 Å². The van der Waals surface area contributed by atoms with Gasteiger partial charge in [-0.15, -0.1) is 0 Å². The Bertz CT molecular complexity index is 1080. The van der Waals surface area contributed by atoms with E-state index in [1.165, 1.54) is 36.4 Å². The molecule has 1 amide bonds. The van der Waals surface area contributed by atoms with E-state index >= 15 is 0 Å². The first-order chi connectivity index (χ1) is 14.3. The molecule has 154 valence electrons. The van der Waals surface area contributed by atoms with Gasteiger partial charge in [-0.3, -0.25) is 29.8 Å². The van der Waals surface area contributed by atoms with E-state index in [0.717, 1.165) is 17.0 Å². The molecule has 0 saturated carbocycles. The largest absolute Gasteiger partial charge is 0.507 e. The maximum Gasteiger partial charge on any atom is 0.295 e. The van der Waals surface area contributed by atoms with Crippen LogP contribution < -0.4 is 0 Å². The highest BCUT2D eigenvalue weighted by atomic mass is 16.6. The predicted octanol–water partition coefficient (Wildman–Crippen LogP) is 1.92. The number of amides is 1. The molecule has 1 fully saturated rings. The number of aliphatic hydroxyl groups is 2. The fraction of sp³-hybridized carbons (Fsp3) is 0.158. The van der Waals surface area contributed by atoms with Crippen LogP contribution in [0.1, 0.15) is 17.2 Å². The first-order valence-corrected chi connectivity index (χ1v) is 8.65. The molecule has 1 unspecified atom stereocenters. The maximum atomic E-state index is 12.7. The number of β-amino-alcohol motifs (C(OH)–C–C–N with tert-alkyl or cyclic N) is 1. The summed E-state index contributed by atoms with van der Waals surface area (Å²) < 4.78 is 0. The summed E-state index contributed by atoms with van der Waals surface area (Å²) >= 11 is 0. The van der Waals surface area contributed by atoms with E-state index in [0.29, 0.717) is 0 Å². The van der Waals surface area contributed by atoms with Gasteiger partial charge < -0.3 is 15.1 Å². The van der Waals surface area contributed by atoms with Gasteiger partial charge in [-0.05, 0) is 18.2 Å². The van der Waals surface area contributed by atoms with Crippen molar-refractivity contribution in [3.05, 3.63) is 85.5 Å². The second-order valence-electron chi connectivity index (χ2n) is 6.34. The minimum Gasteiger partial charge on any atom is -0.507 e. The Morgan fingerprint density at radius 3 is 2.20 bits per heavy atom. The van der Waals surface area contributed by atoms with Crippen LogP contribution >= 0.6 is 0 Å². The summed E-state index contributed by atoms with van der Waals surface area (Å²) in [7, 11) is 0. The lowest BCUT2D eigenvalue weighted by Gasteiger charge is -2.24. The van der Waals surface area contributed by atoms with E-state index in [-0.39, 0.29) is 29.0 Å². The van der Waals surface area contributed by atoms with Gasteiger partial charge in [0.25, 0.3) is 23.1 Å². The van der Waals surface area contributed by atoms with Gasteiger partial charge in [-0.25, -0.2) is 0 Å². The van der Waals surface area contributed by atoms with E-state index in [4.69, 9.17) is 0 Å². The second kappa shape index (κ2) is 8.09. The standard InChI is InChI=1S/C19H15N3O8/c23-10-9-20-16(13-3-1-2-4-14(13)22(29)30)15(18(25)19(20)26)17(24)11-5-7-12(8-6-11)21(27)28/h1-8,16,23-24H,9-10H2. The van der Waals surface area contributed by atoms with Crippen molar-refractivity contribution in [1.82, 2.24) is 4.90 Å². The number of aliphatic hydroxyl groups excluding tert-OH is 2. The Morgan fingerprint density at radius 1 is 1.00 bits per heavy atom. The Kier molecular flexibility index (Phi) is 5.56. The highest BCUT2D eigenvalue weighted by Crippen LogP contribution is 2.42. The Balaban J connectivity index is 2.23. The number of likely N-dealkylation sites (tertiary alicyclic amines) is 1. The molecule has 0 bridgehead atoms. The average Bonchev–Trinajstić information content (AvgIpc) is 2.98. The number of para-hydroxylation sites is 1. The molecule has 11 heteroatoms. The summed E-state index contributed by atoms with van der Waals surface area (Å²) in [6.07, 6.45) is 0. The molecule has 2 N–H and O–H groups in total. The van der Waals surface area contributed by atoms with Gasteiger partial charge in [-0.2, -0.15) is 0 Å². The molecule has 2 aromatic carbocycles. The van der Waals surface area contributed by atoms with Crippen molar-refractivity contribution in [2.75, 3.05) is 13.2 Å². The molecule has 11 nitrogen and oxygen atoms in total. The van der Waals surface area contributed by atoms with Crippen LogP contribution in [0.25, 0.3) is 5.76 Å². The molecule has 0 aliphatic carbocycles. The molecule has 0 aromatic heterocycles. The molecular formula is C19H15N3O8. The number of carbonyl (C=O) groups is 2. The summed E-state index contributed by atoms with van der Waals surface area (Å²) in [4.78, 5) is 47.1. The number of rotatable bonds is 6. The molecule has 1 saturated heterocycles. The Hall–Kier alpha value is -4.12. The third-order valence-electron chi connectivity index (χ3n) is 4.66. The number of benzene rings is 2. The van der Waals surface area contributed by atoms with E-state index in [1.807, 2.05) is 0 Å². The minimum atomic E-state index is -1.31. The lowest BCUT2D eigenvalue weighted by Crippen LogP contribution is -2.32. The van der Waals surface area contributed by atoms with Gasteiger partial charge in [0, 0.05) is 30.3 Å². The zero-order valence-electron chi connectivity index (χ0n) is 15.3. The van der Waals surface area contributed by atoms with E-state index in [2.05, 4.69) is 0 Å². The SMILES string of the molecule is O=C1C(=O)N(CCO)C(c2ccccc2[N+](=O)[O-])C1=C(O)c1ccc([N+](=O)[O-])cc1. The first kappa shape index (κ1) is 20.6. The highest BCUT2D eigenvalue weighted by Gasteiger charge is 2.47. The van der Waals surface area contributed by atoms with Gasteiger partial charge in [0.05, 0.1) is 33.6 Å². The quantitative estimate of drug-likeness (QED) is 0.238. The molecule has 2 aromatic rings. The number of ketones is 1. The van der Waals surface area contributed by atoms with E-state index in [1.54, 1.807) is 0 Å². The predicted molar refractivity (Wildman–Crippen MR) is 102 cm³/mol. The van der Waals surface area contributed by atoms with Gasteiger partial charge in [0.1, 0.15) is 5.76 Å². The number of nitro groups is 2. The lowest BCUT2D eigenvalue weighted by atomic mass is 9.94. The highest BCUT2D eigenvalue weighted by molar-refractivity contribution is 6.46. The van der Waals surface area contributed by atoms with Crippen molar-refractivity contribution in [3.8, 4) is 0 Å². The summed E-state index contributed by atoms with van der Waals surface area (Å²) in [6, 6.07) is 8.74. The van der Waals surface area contributed by atoms with Crippen LogP contribution in [0.3, 0.4) is 0 Å². The molecule has 1 atom stereocenters. The van der Waals surface area contributed by atoms with Crippen LogP contribution in [0.4, 0.5) is 11.4 Å². The van der Waals surface area contributed by atoms with E-state index in [9.17, 15) is 40.0 Å². The van der Waals surface area contributed by atoms with Gasteiger partial charge in [0.15, 0.2) is 0 Å². The number of hydrogen-bond donors (Lipinski definition) is 2. The summed E-state index contributed by atoms with van der Waals surface area (Å²) in [5.41, 5.74) is -1.02. The molecule has 1 aliphatic heterocycles. The van der Waals surface area contributed by atoms with E-state index < -0.39 is 45.5 Å². The van der Waals surface area contributed by atoms with Crippen LogP contribution in [0.5, 0.6) is 0 Å². The fourth-order valence-corrected chi connectivity index (χ4v) is 3.32. The fourth-order valence-electron chi connectivity index (χ4n) is 3.32. The van der Waals surface area contributed by atoms with Crippen LogP contribution in [0.2, 0.25) is 0 Å². The smallest absolute Gasteiger partial charge is 0.295 e. The van der Waals surface area contributed by atoms with Crippen LogP contribution in [-0.2, 0) is 9.59 Å². The van der Waals surface area contributed by atoms with Gasteiger partial charge >= 0.3 is 0 Å². The number of nitro benzene ring substituents is 2. The molecule has 1 heterocycles. The summed E-state index contributed by atoms with van der Waals surface area (Å²) in [6.45, 7) is -0.806. The van der Waals surface area contributed by atoms with Crippen molar-refractivity contribution < 1.29 is 29.6 Å². The van der Waals surface area contributed by atoms with Gasteiger partial charge in [0.2, 0.25) is 0 Å². The molecule has 30 heavy (non-hydrogen) atoms. The number of non-ortho nitro benzene ring substituents is 1. The molecule has 3 rings (SSSR count). The first-order valence-electron chi connectivity index (χ1n) is 8.65. The van der Waals surface area contributed by atoms with Crippen LogP contribution in [0, 0.1) is 20.2 Å². The summed E-state index contributed by atoms with van der Waals surface area (Å²) in [5.74, 6) is -2.75. The van der Waals surface area contributed by atoms with Crippen molar-refractivity contribution in [3.63, 3.8) is 0 Å². The summed E-state index contributed by atoms with van der Waals surface area (Å²) in [5, 5.41) is 42.4. The number of carbonyl (C=O) groups excluding carboxylic acids is 2. The Labute approximate surface area is 168 Å². The van der Waals surface area contributed by atoms with Crippen molar-refractivity contribution in [2.45, 2.75) is 6.04 Å². The molecular weight excluding hydrogens is 398 g/mol. The van der Waals surface area contributed by atoms with Gasteiger partial charge in [-0.1, -0.05) is 12.1 Å². The zero-order chi connectivity index (χ0) is 22.0. The maximum absolute atomic E-state index is 12.7. The van der Waals surface area contributed by atoms with Crippen molar-refractivity contribution >= 4 is 28.8 Å². The average molecular weight is 413 g/mol. The molecule has 0 radical (unpaired) electrons. The molecule has 1 aliphatic rings. The lowest BCUT2D eigenvalue weighted by molar-refractivity contribution is -0.385. The number of Topliss-reactive ketones (excluding diaryl/α,β-unsaturated/α-hetero) is 1. The normalized spacial score (nSPS) is 17.9. The number of nitrogens with zero attached hydrogens (tertiary/aromatic N) is 3. The monoisotopic (exact) mass is 413 g/mol. The number of hydrogen-bond acceptors (Lipinski definition) is 8. The molecule has 0 spiro atoms. The third kappa shape index (κ3) is 3.49. The zero-order valence-corrected chi connectivity index (χ0v) is 15.3.